The molecule has 0 saturated heterocycles. The number of methoxy groups -OCH3 is 1. The summed E-state index contributed by atoms with van der Waals surface area (Å²) in [5.41, 5.74) is 1.96. The van der Waals surface area contributed by atoms with E-state index in [2.05, 4.69) is 33.9 Å². The summed E-state index contributed by atoms with van der Waals surface area (Å²) >= 11 is 0. The highest BCUT2D eigenvalue weighted by Gasteiger charge is 2.41. The summed E-state index contributed by atoms with van der Waals surface area (Å²) in [7, 11) is -0.629. The molecule has 0 fully saturated rings. The Balaban J connectivity index is 2.32. The van der Waals surface area contributed by atoms with E-state index in [4.69, 9.17) is 23.4 Å². The molecular weight excluding hydrogens is 476 g/mol. The van der Waals surface area contributed by atoms with Crippen molar-refractivity contribution in [3.8, 4) is 0 Å². The van der Waals surface area contributed by atoms with Crippen molar-refractivity contribution in [1.82, 2.24) is 0 Å². The third kappa shape index (κ3) is 9.68. The standard InChI is InChI=1S/C28H44O7Si/c1-28(2,3)36(5,6)35-20-25(32-18-22-13-9-7-10-14-22)27(26(30)24(17-29)34-21-31-4)33-19-23-15-11-8-12-16-23/h7-16,24-27,29-30H,17-21H2,1-6H3/t24-,25+,26+,27-/m1/s1. The maximum Gasteiger partial charge on any atom is 0.192 e. The smallest absolute Gasteiger partial charge is 0.192 e. The highest BCUT2D eigenvalue weighted by Crippen LogP contribution is 2.37. The molecule has 2 aromatic rings. The first-order valence-corrected chi connectivity index (χ1v) is 15.3. The van der Waals surface area contributed by atoms with Gasteiger partial charge in [-0.1, -0.05) is 81.4 Å². The molecule has 8 heteroatoms. The lowest BCUT2D eigenvalue weighted by Gasteiger charge is -2.39. The molecule has 0 amide bonds. The van der Waals surface area contributed by atoms with Crippen LogP contribution in [0.3, 0.4) is 0 Å². The van der Waals surface area contributed by atoms with Crippen molar-refractivity contribution < 1.29 is 33.6 Å². The number of aliphatic hydroxyl groups is 2. The number of hydrogen-bond acceptors (Lipinski definition) is 7. The maximum absolute atomic E-state index is 11.3. The molecular formula is C28H44O7Si. The molecule has 36 heavy (non-hydrogen) atoms. The fourth-order valence-electron chi connectivity index (χ4n) is 3.34. The molecule has 0 aromatic heterocycles. The highest BCUT2D eigenvalue weighted by atomic mass is 28.4. The minimum Gasteiger partial charge on any atom is -0.414 e. The van der Waals surface area contributed by atoms with E-state index >= 15 is 0 Å². The number of benzene rings is 2. The quantitative estimate of drug-likeness (QED) is 0.249. The van der Waals surface area contributed by atoms with Gasteiger partial charge in [-0.05, 0) is 29.3 Å². The number of ether oxygens (including phenoxy) is 4. The van der Waals surface area contributed by atoms with Gasteiger partial charge in [0.05, 0.1) is 26.4 Å². The van der Waals surface area contributed by atoms with Gasteiger partial charge in [-0.3, -0.25) is 0 Å². The van der Waals surface area contributed by atoms with E-state index in [-0.39, 0.29) is 25.0 Å². The fourth-order valence-corrected chi connectivity index (χ4v) is 4.36. The lowest BCUT2D eigenvalue weighted by atomic mass is 10.0. The van der Waals surface area contributed by atoms with Crippen LogP contribution in [0.15, 0.2) is 60.7 Å². The molecule has 0 heterocycles. The summed E-state index contributed by atoms with van der Waals surface area (Å²) in [6.45, 7) is 11.2. The first-order valence-electron chi connectivity index (χ1n) is 12.4. The van der Waals surface area contributed by atoms with E-state index in [9.17, 15) is 10.2 Å². The van der Waals surface area contributed by atoms with Crippen LogP contribution in [-0.4, -0.2) is 70.1 Å². The van der Waals surface area contributed by atoms with Crippen LogP contribution < -0.4 is 0 Å². The minimum atomic E-state index is -2.12. The SMILES string of the molecule is COCO[C@H](CO)[C@H](O)[C@H](OCc1ccccc1)[C@H](CO[Si](C)(C)C(C)(C)C)OCc1ccccc1. The first-order chi connectivity index (χ1) is 17.1. The number of aliphatic hydroxyl groups excluding tert-OH is 2. The summed E-state index contributed by atoms with van der Waals surface area (Å²) in [5.74, 6) is 0. The van der Waals surface area contributed by atoms with Gasteiger partial charge >= 0.3 is 0 Å². The first kappa shape index (κ1) is 30.6. The molecule has 4 atom stereocenters. The van der Waals surface area contributed by atoms with Crippen molar-refractivity contribution in [1.29, 1.82) is 0 Å². The minimum absolute atomic E-state index is 0.00516. The summed E-state index contributed by atoms with van der Waals surface area (Å²) in [4.78, 5) is 0. The summed E-state index contributed by atoms with van der Waals surface area (Å²) in [5, 5.41) is 21.3. The Morgan fingerprint density at radius 2 is 1.33 bits per heavy atom. The lowest BCUT2D eigenvalue weighted by molar-refractivity contribution is -0.195. The molecule has 0 aliphatic carbocycles. The zero-order valence-electron chi connectivity index (χ0n) is 22.6. The van der Waals surface area contributed by atoms with E-state index in [0.29, 0.717) is 6.61 Å². The topological polar surface area (TPSA) is 86.6 Å². The average molecular weight is 521 g/mol. The Hall–Kier alpha value is -1.62. The van der Waals surface area contributed by atoms with Crippen LogP contribution in [-0.2, 0) is 36.6 Å². The second-order valence-corrected chi connectivity index (χ2v) is 15.3. The van der Waals surface area contributed by atoms with Gasteiger partial charge in [0.25, 0.3) is 0 Å². The molecule has 7 nitrogen and oxygen atoms in total. The normalized spacial score (nSPS) is 15.9. The summed E-state index contributed by atoms with van der Waals surface area (Å²) in [6, 6.07) is 19.6. The van der Waals surface area contributed by atoms with Gasteiger partial charge in [-0.15, -0.1) is 0 Å². The van der Waals surface area contributed by atoms with Crippen molar-refractivity contribution in [3.05, 3.63) is 71.8 Å². The van der Waals surface area contributed by atoms with E-state index < -0.39 is 39.3 Å². The monoisotopic (exact) mass is 520 g/mol. The maximum atomic E-state index is 11.3. The Morgan fingerprint density at radius 3 is 1.81 bits per heavy atom. The van der Waals surface area contributed by atoms with Crippen LogP contribution in [0.2, 0.25) is 18.1 Å². The molecule has 2 N–H and O–H groups in total. The van der Waals surface area contributed by atoms with Crippen LogP contribution in [0.25, 0.3) is 0 Å². The molecule has 2 aromatic carbocycles. The van der Waals surface area contributed by atoms with Crippen molar-refractivity contribution in [2.45, 2.75) is 76.5 Å². The molecule has 0 aliphatic heterocycles. The molecule has 2 rings (SSSR count). The molecule has 0 unspecified atom stereocenters. The average Bonchev–Trinajstić information content (AvgIpc) is 2.86. The van der Waals surface area contributed by atoms with Crippen LogP contribution in [0, 0.1) is 0 Å². The molecule has 0 saturated carbocycles. The second-order valence-electron chi connectivity index (χ2n) is 10.5. The summed E-state index contributed by atoms with van der Waals surface area (Å²) in [6.07, 6.45) is -3.54. The van der Waals surface area contributed by atoms with Crippen molar-refractivity contribution in [2.75, 3.05) is 27.1 Å². The molecule has 0 aliphatic rings. The molecule has 0 radical (unpaired) electrons. The van der Waals surface area contributed by atoms with Crippen molar-refractivity contribution >= 4 is 8.32 Å². The Morgan fingerprint density at radius 1 is 0.806 bits per heavy atom. The third-order valence-electron chi connectivity index (χ3n) is 6.67. The van der Waals surface area contributed by atoms with Crippen LogP contribution in [0.4, 0.5) is 0 Å². The summed E-state index contributed by atoms with van der Waals surface area (Å²) < 4.78 is 29.7. The van der Waals surface area contributed by atoms with Gasteiger partial charge in [-0.2, -0.15) is 0 Å². The highest BCUT2D eigenvalue weighted by molar-refractivity contribution is 6.74. The van der Waals surface area contributed by atoms with Crippen molar-refractivity contribution in [3.63, 3.8) is 0 Å². The predicted molar refractivity (Wildman–Crippen MR) is 143 cm³/mol. The van der Waals surface area contributed by atoms with E-state index in [1.807, 2.05) is 60.7 Å². The van der Waals surface area contributed by atoms with Crippen LogP contribution >= 0.6 is 0 Å². The van der Waals surface area contributed by atoms with Crippen molar-refractivity contribution in [2.24, 2.45) is 0 Å². The zero-order chi connectivity index (χ0) is 26.6. The van der Waals surface area contributed by atoms with Gasteiger partial charge in [-0.25, -0.2) is 0 Å². The Bertz CT molecular complexity index is 842. The molecule has 202 valence electrons. The Kier molecular flexibility index (Phi) is 12.7. The van der Waals surface area contributed by atoms with Crippen LogP contribution in [0.1, 0.15) is 31.9 Å². The van der Waals surface area contributed by atoms with E-state index in [0.717, 1.165) is 11.1 Å². The molecule has 0 spiro atoms. The fraction of sp³-hybridized carbons (Fsp3) is 0.571. The van der Waals surface area contributed by atoms with E-state index in [1.165, 1.54) is 7.11 Å². The second kappa shape index (κ2) is 14.9. The van der Waals surface area contributed by atoms with Gasteiger partial charge in [0.1, 0.15) is 31.2 Å². The predicted octanol–water partition coefficient (Wildman–Crippen LogP) is 4.52. The van der Waals surface area contributed by atoms with E-state index in [1.54, 1.807) is 0 Å². The lowest BCUT2D eigenvalue weighted by Crippen LogP contribution is -2.52. The van der Waals surface area contributed by atoms with Gasteiger partial charge in [0, 0.05) is 7.11 Å². The van der Waals surface area contributed by atoms with Gasteiger partial charge in [0.2, 0.25) is 0 Å². The number of hydrogen-bond donors (Lipinski definition) is 2. The largest absolute Gasteiger partial charge is 0.414 e. The third-order valence-corrected chi connectivity index (χ3v) is 11.2. The molecule has 0 bridgehead atoms. The van der Waals surface area contributed by atoms with Gasteiger partial charge < -0.3 is 33.6 Å². The zero-order valence-corrected chi connectivity index (χ0v) is 23.6. The van der Waals surface area contributed by atoms with Crippen LogP contribution in [0.5, 0.6) is 0 Å². The van der Waals surface area contributed by atoms with Gasteiger partial charge in [0.15, 0.2) is 8.32 Å². The number of rotatable bonds is 16. The Labute approximate surface area is 217 Å².